The number of aromatic nitrogens is 2. The minimum Gasteiger partial charge on any atom is -0.481 e. The summed E-state index contributed by atoms with van der Waals surface area (Å²) in [6.07, 6.45) is 2.03. The lowest BCUT2D eigenvalue weighted by atomic mass is 10.1. The van der Waals surface area contributed by atoms with Crippen LogP contribution in [0.4, 0.5) is 10.5 Å². The van der Waals surface area contributed by atoms with Crippen LogP contribution >= 0.6 is 0 Å². The van der Waals surface area contributed by atoms with Crippen LogP contribution in [0.3, 0.4) is 0 Å². The van der Waals surface area contributed by atoms with Gasteiger partial charge in [0.15, 0.2) is 0 Å². The topological polar surface area (TPSA) is 96.3 Å². The zero-order chi connectivity index (χ0) is 17.7. The fraction of sp³-hybridized carbons (Fsp3) is 0.353. The van der Waals surface area contributed by atoms with Gasteiger partial charge in [0, 0.05) is 13.0 Å². The average Bonchev–Trinajstić information content (AvgIpc) is 2.87. The van der Waals surface area contributed by atoms with Gasteiger partial charge in [-0.15, -0.1) is 0 Å². The Kier molecular flexibility index (Phi) is 5.57. The molecule has 7 heteroatoms. The molecule has 0 unspecified atom stereocenters. The fourth-order valence-corrected chi connectivity index (χ4v) is 2.33. The molecular formula is C17H22N4O3. The number of rotatable bonds is 6. The van der Waals surface area contributed by atoms with E-state index in [1.165, 1.54) is 0 Å². The average molecular weight is 330 g/mol. The summed E-state index contributed by atoms with van der Waals surface area (Å²) in [7, 11) is 0. The van der Waals surface area contributed by atoms with Crippen molar-refractivity contribution in [1.82, 2.24) is 15.1 Å². The van der Waals surface area contributed by atoms with Crippen molar-refractivity contribution in [2.24, 2.45) is 0 Å². The first-order valence-corrected chi connectivity index (χ1v) is 7.77. The molecular weight excluding hydrogens is 308 g/mol. The van der Waals surface area contributed by atoms with Gasteiger partial charge >= 0.3 is 12.0 Å². The summed E-state index contributed by atoms with van der Waals surface area (Å²) in [5.74, 6) is -0.872. The Morgan fingerprint density at radius 1 is 1.25 bits per heavy atom. The number of aryl methyl sites for hydroxylation is 2. The number of anilines is 1. The number of benzene rings is 1. The lowest BCUT2D eigenvalue weighted by Gasteiger charge is -2.10. The van der Waals surface area contributed by atoms with E-state index in [1.807, 2.05) is 39.0 Å². The Morgan fingerprint density at radius 3 is 2.71 bits per heavy atom. The highest BCUT2D eigenvalue weighted by Crippen LogP contribution is 2.21. The van der Waals surface area contributed by atoms with Crippen molar-refractivity contribution in [3.63, 3.8) is 0 Å². The van der Waals surface area contributed by atoms with Crippen molar-refractivity contribution in [3.05, 3.63) is 41.2 Å². The second-order valence-corrected chi connectivity index (χ2v) is 5.72. The second-order valence-electron chi connectivity index (χ2n) is 5.72. The molecule has 0 spiro atoms. The normalized spacial score (nSPS) is 10.5. The van der Waals surface area contributed by atoms with Crippen molar-refractivity contribution in [2.45, 2.75) is 33.6 Å². The highest BCUT2D eigenvalue weighted by Gasteiger charge is 2.12. The van der Waals surface area contributed by atoms with Gasteiger partial charge in [0.05, 0.1) is 23.3 Å². The zero-order valence-corrected chi connectivity index (χ0v) is 14.1. The van der Waals surface area contributed by atoms with Gasteiger partial charge in [0.2, 0.25) is 0 Å². The maximum atomic E-state index is 11.9. The van der Waals surface area contributed by atoms with Crippen molar-refractivity contribution in [2.75, 3.05) is 11.9 Å². The van der Waals surface area contributed by atoms with Gasteiger partial charge in [-0.25, -0.2) is 9.48 Å². The van der Waals surface area contributed by atoms with Gasteiger partial charge < -0.3 is 15.7 Å². The van der Waals surface area contributed by atoms with Crippen LogP contribution in [0.15, 0.2) is 24.4 Å². The lowest BCUT2D eigenvalue weighted by molar-refractivity contribution is -0.137. The minimum absolute atomic E-state index is 0.0316. The highest BCUT2D eigenvalue weighted by atomic mass is 16.4. The number of aliphatic carboxylic acids is 1. The second kappa shape index (κ2) is 7.63. The fourth-order valence-electron chi connectivity index (χ4n) is 2.33. The van der Waals surface area contributed by atoms with E-state index < -0.39 is 5.97 Å². The predicted molar refractivity (Wildman–Crippen MR) is 91.7 cm³/mol. The number of carboxylic acid groups (broad SMARTS) is 1. The maximum Gasteiger partial charge on any atom is 0.319 e. The first-order chi connectivity index (χ1) is 11.4. The van der Waals surface area contributed by atoms with Crippen LogP contribution in [0, 0.1) is 20.8 Å². The molecule has 1 aromatic heterocycles. The Labute approximate surface area is 140 Å². The van der Waals surface area contributed by atoms with Crippen LogP contribution < -0.4 is 10.6 Å². The lowest BCUT2D eigenvalue weighted by Crippen LogP contribution is -2.30. The molecule has 1 heterocycles. The number of carbonyl (C=O) groups is 2. The quantitative estimate of drug-likeness (QED) is 0.710. The van der Waals surface area contributed by atoms with Gasteiger partial charge in [-0.3, -0.25) is 4.79 Å². The molecule has 0 saturated carbocycles. The number of nitrogens with one attached hydrogen (secondary N) is 2. The van der Waals surface area contributed by atoms with Crippen molar-refractivity contribution in [3.8, 4) is 5.69 Å². The first-order valence-electron chi connectivity index (χ1n) is 7.77. The van der Waals surface area contributed by atoms with E-state index in [0.29, 0.717) is 18.7 Å². The summed E-state index contributed by atoms with van der Waals surface area (Å²) in [6.45, 7) is 6.22. The third kappa shape index (κ3) is 4.34. The van der Waals surface area contributed by atoms with Gasteiger partial charge in [0.1, 0.15) is 0 Å². The monoisotopic (exact) mass is 330 g/mol. The molecule has 1 aromatic carbocycles. The predicted octanol–water partition coefficient (Wildman–Crippen LogP) is 2.78. The molecule has 7 nitrogen and oxygen atoms in total. The molecule has 0 atom stereocenters. The number of hydrogen-bond acceptors (Lipinski definition) is 3. The molecule has 0 bridgehead atoms. The van der Waals surface area contributed by atoms with Crippen LogP contribution in [0.2, 0.25) is 0 Å². The van der Waals surface area contributed by atoms with Crippen molar-refractivity contribution < 1.29 is 14.7 Å². The molecule has 128 valence electrons. The Bertz CT molecular complexity index is 752. The molecule has 0 aliphatic rings. The SMILES string of the molecule is Cc1ccc(C)c(-n2ncc(NC(=O)NCCCC(=O)O)c2C)c1. The minimum atomic E-state index is -0.872. The van der Waals surface area contributed by atoms with E-state index in [2.05, 4.69) is 15.7 Å². The Balaban J connectivity index is 2.03. The molecule has 2 rings (SSSR count). The van der Waals surface area contributed by atoms with E-state index in [1.54, 1.807) is 10.9 Å². The van der Waals surface area contributed by atoms with E-state index in [4.69, 9.17) is 5.11 Å². The standard InChI is InChI=1S/C17H22N4O3/c1-11-6-7-12(2)15(9-11)21-13(3)14(10-19-21)20-17(24)18-8-4-5-16(22)23/h6-7,9-10H,4-5,8H2,1-3H3,(H,22,23)(H2,18,20,24). The van der Waals surface area contributed by atoms with Gasteiger partial charge in [-0.1, -0.05) is 12.1 Å². The summed E-state index contributed by atoms with van der Waals surface area (Å²) >= 11 is 0. The zero-order valence-electron chi connectivity index (χ0n) is 14.1. The van der Waals surface area contributed by atoms with Gasteiger partial charge in [-0.2, -0.15) is 5.10 Å². The first kappa shape index (κ1) is 17.5. The molecule has 0 radical (unpaired) electrons. The number of amides is 2. The smallest absolute Gasteiger partial charge is 0.319 e. The van der Waals surface area contributed by atoms with Crippen LogP contribution in [-0.2, 0) is 4.79 Å². The largest absolute Gasteiger partial charge is 0.481 e. The Hall–Kier alpha value is -2.83. The van der Waals surface area contributed by atoms with Crippen molar-refractivity contribution >= 4 is 17.7 Å². The molecule has 2 amide bonds. The summed E-state index contributed by atoms with van der Waals surface area (Å²) in [5.41, 5.74) is 4.64. The van der Waals surface area contributed by atoms with E-state index >= 15 is 0 Å². The molecule has 0 saturated heterocycles. The summed E-state index contributed by atoms with van der Waals surface area (Å²) in [6, 6.07) is 5.75. The number of hydrogen-bond donors (Lipinski definition) is 3. The molecule has 24 heavy (non-hydrogen) atoms. The number of nitrogens with zero attached hydrogens (tertiary/aromatic N) is 2. The van der Waals surface area contributed by atoms with Gasteiger partial charge in [-0.05, 0) is 44.4 Å². The van der Waals surface area contributed by atoms with Crippen LogP contribution in [0.25, 0.3) is 5.69 Å². The molecule has 2 aromatic rings. The summed E-state index contributed by atoms with van der Waals surface area (Å²) in [5, 5.41) is 18.3. The molecule has 0 fully saturated rings. The summed E-state index contributed by atoms with van der Waals surface area (Å²) < 4.78 is 1.79. The Morgan fingerprint density at radius 2 is 2.00 bits per heavy atom. The third-order valence-corrected chi connectivity index (χ3v) is 3.70. The van der Waals surface area contributed by atoms with Crippen molar-refractivity contribution in [1.29, 1.82) is 0 Å². The number of carboxylic acids is 1. The van der Waals surface area contributed by atoms with Crippen LogP contribution in [0.5, 0.6) is 0 Å². The van der Waals surface area contributed by atoms with Gasteiger partial charge in [0.25, 0.3) is 0 Å². The number of carbonyl (C=O) groups excluding carboxylic acids is 1. The van der Waals surface area contributed by atoms with E-state index in [-0.39, 0.29) is 12.5 Å². The third-order valence-electron chi connectivity index (χ3n) is 3.70. The maximum absolute atomic E-state index is 11.9. The van der Waals surface area contributed by atoms with E-state index in [9.17, 15) is 9.59 Å². The molecule has 3 N–H and O–H groups in total. The van der Waals surface area contributed by atoms with Crippen LogP contribution in [-0.4, -0.2) is 33.4 Å². The molecule has 0 aliphatic heterocycles. The summed E-state index contributed by atoms with van der Waals surface area (Å²) in [4.78, 5) is 22.3. The number of urea groups is 1. The highest BCUT2D eigenvalue weighted by molar-refractivity contribution is 5.89. The van der Waals surface area contributed by atoms with E-state index in [0.717, 1.165) is 22.5 Å². The molecule has 0 aliphatic carbocycles. The van der Waals surface area contributed by atoms with Crippen LogP contribution in [0.1, 0.15) is 29.7 Å².